The molecular weight excluding hydrogens is 210 g/mol. The van der Waals surface area contributed by atoms with Crippen LogP contribution in [0.3, 0.4) is 0 Å². The van der Waals surface area contributed by atoms with Gasteiger partial charge in [-0.25, -0.2) is 0 Å². The van der Waals surface area contributed by atoms with E-state index in [-0.39, 0.29) is 18.5 Å². The van der Waals surface area contributed by atoms with Crippen LogP contribution in [0.1, 0.15) is 19.8 Å². The fourth-order valence-electron chi connectivity index (χ4n) is 1.44. The minimum atomic E-state index is -0.827. The summed E-state index contributed by atoms with van der Waals surface area (Å²) in [5, 5.41) is 0. The molecule has 0 radical (unpaired) electrons. The number of ether oxygens (including phenoxy) is 3. The van der Waals surface area contributed by atoms with Crippen LogP contribution in [0.5, 0.6) is 0 Å². The highest BCUT2D eigenvalue weighted by atomic mass is 16.6. The highest BCUT2D eigenvalue weighted by Gasteiger charge is 2.45. The van der Waals surface area contributed by atoms with Gasteiger partial charge in [0.25, 0.3) is 0 Å². The normalized spacial score (nSPS) is 19.2. The molecule has 0 saturated heterocycles. The van der Waals surface area contributed by atoms with E-state index in [0.29, 0.717) is 19.8 Å². The van der Waals surface area contributed by atoms with Crippen molar-refractivity contribution in [1.82, 2.24) is 0 Å². The molecule has 0 aromatic carbocycles. The lowest BCUT2D eigenvalue weighted by Gasteiger charge is -2.21. The van der Waals surface area contributed by atoms with Crippen molar-refractivity contribution in [1.29, 1.82) is 0 Å². The predicted molar refractivity (Wildman–Crippen MR) is 59.0 cm³/mol. The van der Waals surface area contributed by atoms with Gasteiger partial charge in [-0.05, 0) is 25.7 Å². The Kier molecular flexibility index (Phi) is 5.18. The van der Waals surface area contributed by atoms with E-state index in [4.69, 9.17) is 19.9 Å². The molecule has 1 saturated carbocycles. The zero-order valence-electron chi connectivity index (χ0n) is 10.0. The molecule has 1 rings (SSSR count). The van der Waals surface area contributed by atoms with Gasteiger partial charge in [0.1, 0.15) is 12.1 Å². The summed E-state index contributed by atoms with van der Waals surface area (Å²) in [5.74, 6) is -0.0419. The predicted octanol–water partition coefficient (Wildman–Crippen LogP) is 0.320. The monoisotopic (exact) mass is 231 g/mol. The zero-order valence-corrected chi connectivity index (χ0v) is 10.0. The Bertz CT molecular complexity index is 226. The average molecular weight is 231 g/mol. The fraction of sp³-hybridized carbons (Fsp3) is 0.909. The molecule has 16 heavy (non-hydrogen) atoms. The molecule has 0 aromatic heterocycles. The van der Waals surface area contributed by atoms with Crippen LogP contribution in [0, 0.1) is 5.92 Å². The van der Waals surface area contributed by atoms with Crippen LogP contribution in [0.15, 0.2) is 0 Å². The number of methoxy groups -OCH3 is 1. The van der Waals surface area contributed by atoms with Gasteiger partial charge in [0, 0.05) is 7.11 Å². The maximum atomic E-state index is 11.6. The molecule has 0 spiro atoms. The first-order valence-corrected chi connectivity index (χ1v) is 5.62. The molecule has 1 fully saturated rings. The number of carbonyl (C=O) groups is 1. The van der Waals surface area contributed by atoms with Crippen LogP contribution < -0.4 is 5.73 Å². The maximum Gasteiger partial charge on any atom is 0.326 e. The van der Waals surface area contributed by atoms with E-state index < -0.39 is 5.54 Å². The Hall–Kier alpha value is -0.650. The molecular formula is C11H21NO4. The average Bonchev–Trinajstić information content (AvgIpc) is 3.06. The van der Waals surface area contributed by atoms with Gasteiger partial charge in [0.05, 0.1) is 19.8 Å². The van der Waals surface area contributed by atoms with Crippen LogP contribution in [0.4, 0.5) is 0 Å². The van der Waals surface area contributed by atoms with Crippen molar-refractivity contribution in [3.05, 3.63) is 0 Å². The molecule has 0 heterocycles. The molecule has 5 heteroatoms. The third-order valence-electron chi connectivity index (χ3n) is 2.76. The minimum Gasteiger partial charge on any atom is -0.462 e. The highest BCUT2D eigenvalue weighted by Crippen LogP contribution is 2.38. The number of hydrogen-bond acceptors (Lipinski definition) is 5. The third-order valence-corrected chi connectivity index (χ3v) is 2.76. The lowest BCUT2D eigenvalue weighted by molar-refractivity contribution is -0.152. The van der Waals surface area contributed by atoms with Crippen molar-refractivity contribution in [2.45, 2.75) is 25.3 Å². The van der Waals surface area contributed by atoms with Crippen molar-refractivity contribution < 1.29 is 19.0 Å². The van der Waals surface area contributed by atoms with Crippen LogP contribution in [-0.4, -0.2) is 45.0 Å². The molecule has 1 atom stereocenters. The van der Waals surface area contributed by atoms with Gasteiger partial charge >= 0.3 is 5.97 Å². The SMILES string of the molecule is COCCOCCOC(=O)C(C)(N)C1CC1. The van der Waals surface area contributed by atoms with E-state index in [2.05, 4.69) is 0 Å². The molecule has 0 aromatic rings. The largest absolute Gasteiger partial charge is 0.462 e. The van der Waals surface area contributed by atoms with Gasteiger partial charge in [0.2, 0.25) is 0 Å². The Morgan fingerprint density at radius 2 is 1.94 bits per heavy atom. The van der Waals surface area contributed by atoms with Gasteiger partial charge in [-0.15, -0.1) is 0 Å². The summed E-state index contributed by atoms with van der Waals surface area (Å²) in [4.78, 5) is 11.6. The number of hydrogen-bond donors (Lipinski definition) is 1. The quantitative estimate of drug-likeness (QED) is 0.481. The first-order chi connectivity index (χ1) is 7.59. The minimum absolute atomic E-state index is 0.252. The summed E-state index contributed by atoms with van der Waals surface area (Å²) in [7, 11) is 1.61. The van der Waals surface area contributed by atoms with Gasteiger partial charge in [-0.1, -0.05) is 0 Å². The Labute approximate surface area is 96.2 Å². The van der Waals surface area contributed by atoms with E-state index >= 15 is 0 Å². The lowest BCUT2D eigenvalue weighted by atomic mass is 9.98. The number of carbonyl (C=O) groups excluding carboxylic acids is 1. The van der Waals surface area contributed by atoms with Crippen LogP contribution >= 0.6 is 0 Å². The zero-order chi connectivity index (χ0) is 12.0. The first-order valence-electron chi connectivity index (χ1n) is 5.62. The summed E-state index contributed by atoms with van der Waals surface area (Å²) in [5.41, 5.74) is 5.07. The number of rotatable bonds is 8. The lowest BCUT2D eigenvalue weighted by Crippen LogP contribution is -2.48. The van der Waals surface area contributed by atoms with Crippen LogP contribution in [-0.2, 0) is 19.0 Å². The standard InChI is InChI=1S/C11H21NO4/c1-11(12,9-3-4-9)10(13)16-8-7-15-6-5-14-2/h9H,3-8,12H2,1-2H3. The summed E-state index contributed by atoms with van der Waals surface area (Å²) < 4.78 is 15.0. The molecule has 0 amide bonds. The second-order valence-corrected chi connectivity index (χ2v) is 4.30. The topological polar surface area (TPSA) is 70.8 Å². The van der Waals surface area contributed by atoms with E-state index in [1.807, 2.05) is 0 Å². The van der Waals surface area contributed by atoms with Gasteiger partial charge in [-0.3, -0.25) is 4.79 Å². The Balaban J connectivity index is 2.06. The third kappa shape index (κ3) is 4.08. The Morgan fingerprint density at radius 3 is 2.50 bits per heavy atom. The maximum absolute atomic E-state index is 11.6. The van der Waals surface area contributed by atoms with Gasteiger partial charge in [0.15, 0.2) is 0 Å². The van der Waals surface area contributed by atoms with Crippen LogP contribution in [0.2, 0.25) is 0 Å². The fourth-order valence-corrected chi connectivity index (χ4v) is 1.44. The summed E-state index contributed by atoms with van der Waals surface area (Å²) in [6, 6.07) is 0. The molecule has 1 aliphatic rings. The van der Waals surface area contributed by atoms with E-state index in [1.165, 1.54) is 0 Å². The van der Waals surface area contributed by atoms with Crippen molar-refractivity contribution >= 4 is 5.97 Å². The smallest absolute Gasteiger partial charge is 0.326 e. The van der Waals surface area contributed by atoms with Crippen molar-refractivity contribution in [2.75, 3.05) is 33.5 Å². The van der Waals surface area contributed by atoms with Crippen molar-refractivity contribution in [2.24, 2.45) is 11.7 Å². The van der Waals surface area contributed by atoms with E-state index in [0.717, 1.165) is 12.8 Å². The molecule has 1 aliphatic carbocycles. The second kappa shape index (κ2) is 6.18. The summed E-state index contributed by atoms with van der Waals surface area (Å²) >= 11 is 0. The Morgan fingerprint density at radius 1 is 1.31 bits per heavy atom. The summed E-state index contributed by atoms with van der Waals surface area (Å²) in [6.45, 7) is 3.43. The first kappa shape index (κ1) is 13.4. The van der Waals surface area contributed by atoms with Gasteiger partial charge < -0.3 is 19.9 Å². The molecule has 0 bridgehead atoms. The van der Waals surface area contributed by atoms with Crippen LogP contribution in [0.25, 0.3) is 0 Å². The van der Waals surface area contributed by atoms with Gasteiger partial charge in [-0.2, -0.15) is 0 Å². The number of nitrogens with two attached hydrogens (primary N) is 1. The molecule has 0 aliphatic heterocycles. The summed E-state index contributed by atoms with van der Waals surface area (Å²) in [6.07, 6.45) is 2.04. The molecule has 5 nitrogen and oxygen atoms in total. The van der Waals surface area contributed by atoms with Crippen molar-refractivity contribution in [3.63, 3.8) is 0 Å². The van der Waals surface area contributed by atoms with E-state index in [1.54, 1.807) is 14.0 Å². The molecule has 2 N–H and O–H groups in total. The molecule has 94 valence electrons. The van der Waals surface area contributed by atoms with E-state index in [9.17, 15) is 4.79 Å². The number of esters is 1. The highest BCUT2D eigenvalue weighted by molar-refractivity contribution is 5.80. The van der Waals surface area contributed by atoms with Crippen molar-refractivity contribution in [3.8, 4) is 0 Å². The second-order valence-electron chi connectivity index (χ2n) is 4.30. The molecule has 1 unspecified atom stereocenters.